The third-order valence-electron chi connectivity index (χ3n) is 3.19. The summed E-state index contributed by atoms with van der Waals surface area (Å²) in [5.41, 5.74) is 2.06. The highest BCUT2D eigenvalue weighted by Crippen LogP contribution is 2.13. The normalized spacial score (nSPS) is 10.1. The van der Waals surface area contributed by atoms with Gasteiger partial charge in [0.05, 0.1) is 11.6 Å². The van der Waals surface area contributed by atoms with Crippen molar-refractivity contribution in [2.75, 3.05) is 0 Å². The molecule has 0 unspecified atom stereocenters. The minimum absolute atomic E-state index is 0.846. The molecular formula is C16H23N. The molecule has 1 rings (SSSR count). The highest BCUT2D eigenvalue weighted by molar-refractivity contribution is 5.37. The smallest absolute Gasteiger partial charge is 0.0994 e. The van der Waals surface area contributed by atoms with E-state index in [1.165, 1.54) is 50.5 Å². The highest BCUT2D eigenvalue weighted by atomic mass is 14.2. The van der Waals surface area contributed by atoms with E-state index >= 15 is 0 Å². The Morgan fingerprint density at radius 1 is 0.941 bits per heavy atom. The van der Waals surface area contributed by atoms with Crippen molar-refractivity contribution in [3.05, 3.63) is 35.4 Å². The number of rotatable bonds is 8. The Labute approximate surface area is 105 Å². The van der Waals surface area contributed by atoms with Crippen LogP contribution in [0, 0.1) is 11.3 Å². The van der Waals surface area contributed by atoms with Crippen LogP contribution in [0.4, 0.5) is 0 Å². The Hall–Kier alpha value is -1.29. The minimum atomic E-state index is 0.846. The van der Waals surface area contributed by atoms with E-state index in [0.29, 0.717) is 0 Å². The molecule has 17 heavy (non-hydrogen) atoms. The van der Waals surface area contributed by atoms with Gasteiger partial charge in [0.1, 0.15) is 0 Å². The molecular weight excluding hydrogens is 206 g/mol. The second-order valence-electron chi connectivity index (χ2n) is 4.64. The zero-order chi connectivity index (χ0) is 12.3. The largest absolute Gasteiger partial charge is 0.192 e. The van der Waals surface area contributed by atoms with Crippen LogP contribution in [0.5, 0.6) is 0 Å². The van der Waals surface area contributed by atoms with Crippen LogP contribution in [0.3, 0.4) is 0 Å². The number of benzene rings is 1. The van der Waals surface area contributed by atoms with Crippen molar-refractivity contribution in [2.45, 2.75) is 58.3 Å². The van der Waals surface area contributed by atoms with Crippen molar-refractivity contribution in [1.29, 1.82) is 5.26 Å². The van der Waals surface area contributed by atoms with Gasteiger partial charge in [-0.25, -0.2) is 0 Å². The van der Waals surface area contributed by atoms with Gasteiger partial charge < -0.3 is 0 Å². The van der Waals surface area contributed by atoms with Gasteiger partial charge in [-0.05, 0) is 24.5 Å². The van der Waals surface area contributed by atoms with Crippen LogP contribution >= 0.6 is 0 Å². The number of nitrogens with zero attached hydrogens (tertiary/aromatic N) is 1. The van der Waals surface area contributed by atoms with Crippen LogP contribution in [0.1, 0.15) is 63.0 Å². The van der Waals surface area contributed by atoms with Crippen LogP contribution in [0.25, 0.3) is 0 Å². The SMILES string of the molecule is CCCCCCCCCc1ccccc1C#N. The number of nitriles is 1. The van der Waals surface area contributed by atoms with Crippen molar-refractivity contribution < 1.29 is 0 Å². The molecule has 1 heteroatoms. The lowest BCUT2D eigenvalue weighted by Gasteiger charge is -2.03. The molecule has 0 aliphatic carbocycles. The highest BCUT2D eigenvalue weighted by Gasteiger charge is 1.99. The average Bonchev–Trinajstić information content (AvgIpc) is 2.38. The van der Waals surface area contributed by atoms with E-state index in [1.54, 1.807) is 0 Å². The van der Waals surface area contributed by atoms with Gasteiger partial charge in [0, 0.05) is 0 Å². The maximum absolute atomic E-state index is 8.97. The van der Waals surface area contributed by atoms with E-state index < -0.39 is 0 Å². The molecule has 0 amide bonds. The van der Waals surface area contributed by atoms with E-state index in [4.69, 9.17) is 5.26 Å². The van der Waals surface area contributed by atoms with Crippen molar-refractivity contribution in [1.82, 2.24) is 0 Å². The molecule has 0 heterocycles. The molecule has 0 bridgehead atoms. The summed E-state index contributed by atoms with van der Waals surface area (Å²) in [4.78, 5) is 0. The van der Waals surface area contributed by atoms with Gasteiger partial charge in [-0.3, -0.25) is 0 Å². The lowest BCUT2D eigenvalue weighted by molar-refractivity contribution is 0.589. The second kappa shape index (κ2) is 8.82. The summed E-state index contributed by atoms with van der Waals surface area (Å²) in [5, 5.41) is 8.97. The van der Waals surface area contributed by atoms with E-state index in [-0.39, 0.29) is 0 Å². The van der Waals surface area contributed by atoms with Crippen LogP contribution in [-0.4, -0.2) is 0 Å². The van der Waals surface area contributed by atoms with Crippen LogP contribution in [0.15, 0.2) is 24.3 Å². The molecule has 0 spiro atoms. The Balaban J connectivity index is 2.16. The Bertz CT molecular complexity index is 349. The first-order chi connectivity index (χ1) is 8.38. The average molecular weight is 229 g/mol. The monoisotopic (exact) mass is 229 g/mol. The third-order valence-corrected chi connectivity index (χ3v) is 3.19. The van der Waals surface area contributed by atoms with Gasteiger partial charge in [0.15, 0.2) is 0 Å². The predicted octanol–water partition coefficient (Wildman–Crippen LogP) is 4.85. The van der Waals surface area contributed by atoms with Gasteiger partial charge in [-0.1, -0.05) is 63.6 Å². The van der Waals surface area contributed by atoms with Crippen LogP contribution in [-0.2, 0) is 6.42 Å². The fourth-order valence-electron chi connectivity index (χ4n) is 2.12. The Kier molecular flexibility index (Phi) is 7.14. The topological polar surface area (TPSA) is 23.8 Å². The summed E-state index contributed by atoms with van der Waals surface area (Å²) < 4.78 is 0. The Morgan fingerprint density at radius 3 is 2.29 bits per heavy atom. The van der Waals surface area contributed by atoms with E-state index in [2.05, 4.69) is 19.1 Å². The number of unbranched alkanes of at least 4 members (excludes halogenated alkanes) is 6. The quantitative estimate of drug-likeness (QED) is 0.584. The number of hydrogen-bond acceptors (Lipinski definition) is 1. The molecule has 1 nitrogen and oxygen atoms in total. The third kappa shape index (κ3) is 5.54. The summed E-state index contributed by atoms with van der Waals surface area (Å²) in [6, 6.07) is 10.2. The van der Waals surface area contributed by atoms with Crippen LogP contribution < -0.4 is 0 Å². The maximum atomic E-state index is 8.97. The molecule has 1 aromatic carbocycles. The van der Waals surface area contributed by atoms with Crippen molar-refractivity contribution in [2.24, 2.45) is 0 Å². The zero-order valence-electron chi connectivity index (χ0n) is 10.9. The summed E-state index contributed by atoms with van der Waals surface area (Å²) in [6.07, 6.45) is 10.3. The molecule has 0 atom stereocenters. The summed E-state index contributed by atoms with van der Waals surface area (Å²) in [6.45, 7) is 2.25. The van der Waals surface area contributed by atoms with Gasteiger partial charge in [-0.15, -0.1) is 0 Å². The zero-order valence-corrected chi connectivity index (χ0v) is 10.9. The first-order valence-corrected chi connectivity index (χ1v) is 6.86. The molecule has 92 valence electrons. The fourth-order valence-corrected chi connectivity index (χ4v) is 2.12. The van der Waals surface area contributed by atoms with E-state index in [0.717, 1.165) is 12.0 Å². The summed E-state index contributed by atoms with van der Waals surface area (Å²) >= 11 is 0. The van der Waals surface area contributed by atoms with Crippen molar-refractivity contribution in [3.63, 3.8) is 0 Å². The summed E-state index contributed by atoms with van der Waals surface area (Å²) in [5.74, 6) is 0. The molecule has 0 aliphatic heterocycles. The van der Waals surface area contributed by atoms with Crippen LogP contribution in [0.2, 0.25) is 0 Å². The first kappa shape index (κ1) is 13.8. The molecule has 0 saturated carbocycles. The van der Waals surface area contributed by atoms with Gasteiger partial charge in [0.25, 0.3) is 0 Å². The van der Waals surface area contributed by atoms with Crippen molar-refractivity contribution >= 4 is 0 Å². The summed E-state index contributed by atoms with van der Waals surface area (Å²) in [7, 11) is 0. The lowest BCUT2D eigenvalue weighted by Crippen LogP contribution is -1.90. The van der Waals surface area contributed by atoms with Gasteiger partial charge >= 0.3 is 0 Å². The first-order valence-electron chi connectivity index (χ1n) is 6.86. The lowest BCUT2D eigenvalue weighted by atomic mass is 10.0. The standard InChI is InChI=1S/C16H23N/c1-2-3-4-5-6-7-8-11-15-12-9-10-13-16(15)14-17/h9-10,12-13H,2-8,11H2,1H3. The number of aryl methyl sites for hydroxylation is 1. The molecule has 0 radical (unpaired) electrons. The molecule has 0 aromatic heterocycles. The maximum Gasteiger partial charge on any atom is 0.0994 e. The fraction of sp³-hybridized carbons (Fsp3) is 0.562. The molecule has 0 fully saturated rings. The predicted molar refractivity (Wildman–Crippen MR) is 72.9 cm³/mol. The molecule has 0 N–H and O–H groups in total. The van der Waals surface area contributed by atoms with E-state index in [9.17, 15) is 0 Å². The van der Waals surface area contributed by atoms with Gasteiger partial charge in [0.2, 0.25) is 0 Å². The minimum Gasteiger partial charge on any atom is -0.192 e. The second-order valence-corrected chi connectivity index (χ2v) is 4.64. The molecule has 0 aliphatic rings. The Morgan fingerprint density at radius 2 is 1.59 bits per heavy atom. The molecule has 0 saturated heterocycles. The van der Waals surface area contributed by atoms with E-state index in [1.807, 2.05) is 18.2 Å². The molecule has 1 aromatic rings. The number of hydrogen-bond donors (Lipinski definition) is 0. The van der Waals surface area contributed by atoms with Gasteiger partial charge in [-0.2, -0.15) is 5.26 Å². The van der Waals surface area contributed by atoms with Crippen molar-refractivity contribution in [3.8, 4) is 6.07 Å².